The third-order valence-electron chi connectivity index (χ3n) is 4.45. The second-order valence-corrected chi connectivity index (χ2v) is 8.25. The van der Waals surface area contributed by atoms with Gasteiger partial charge in [-0.3, -0.25) is 0 Å². The predicted octanol–water partition coefficient (Wildman–Crippen LogP) is 3.21. The predicted molar refractivity (Wildman–Crippen MR) is 108 cm³/mol. The number of hydrazone groups is 1. The molecule has 0 amide bonds. The van der Waals surface area contributed by atoms with Crippen molar-refractivity contribution in [3.8, 4) is 17.2 Å². The molecule has 0 saturated heterocycles. The molecule has 7 nitrogen and oxygen atoms in total. The quantitative estimate of drug-likeness (QED) is 0.708. The number of benzene rings is 2. The lowest BCUT2D eigenvalue weighted by atomic mass is 9.98. The average molecular weight is 404 g/mol. The van der Waals surface area contributed by atoms with E-state index in [2.05, 4.69) is 5.10 Å². The van der Waals surface area contributed by atoms with Crippen molar-refractivity contribution in [3.05, 3.63) is 53.6 Å². The number of ether oxygens (including phenoxy) is 3. The van der Waals surface area contributed by atoms with Gasteiger partial charge < -0.3 is 14.2 Å². The molecule has 1 aliphatic heterocycles. The zero-order chi connectivity index (χ0) is 20.3. The molecule has 1 heterocycles. The lowest BCUT2D eigenvalue weighted by Crippen LogP contribution is -2.25. The van der Waals surface area contributed by atoms with Gasteiger partial charge in [0.2, 0.25) is 10.0 Å². The molecule has 0 N–H and O–H groups in total. The first kappa shape index (κ1) is 20.0. The van der Waals surface area contributed by atoms with Crippen LogP contribution in [0, 0.1) is 0 Å². The fourth-order valence-electron chi connectivity index (χ4n) is 3.17. The minimum atomic E-state index is -3.55. The van der Waals surface area contributed by atoms with Crippen LogP contribution in [-0.2, 0) is 10.0 Å². The summed E-state index contributed by atoms with van der Waals surface area (Å²) in [5.41, 5.74) is 2.23. The molecule has 28 heavy (non-hydrogen) atoms. The summed E-state index contributed by atoms with van der Waals surface area (Å²) in [5.74, 6) is 1.93. The van der Waals surface area contributed by atoms with E-state index in [4.69, 9.17) is 14.2 Å². The van der Waals surface area contributed by atoms with Gasteiger partial charge in [0.25, 0.3) is 0 Å². The van der Waals surface area contributed by atoms with E-state index >= 15 is 0 Å². The second kappa shape index (κ2) is 8.10. The summed E-state index contributed by atoms with van der Waals surface area (Å²) in [7, 11) is -0.416. The summed E-state index contributed by atoms with van der Waals surface area (Å²) in [6.07, 6.45) is 1.59. The van der Waals surface area contributed by atoms with Gasteiger partial charge in [-0.2, -0.15) is 9.52 Å². The zero-order valence-electron chi connectivity index (χ0n) is 16.4. The Labute approximate surface area is 165 Å². The standard InChI is InChI=1S/C20H24N2O5S/c1-5-27-16-8-6-7-14(9-16)20-13-19(21-22(20)28(4,23)24)15-10-17(25-2)12-18(11-15)26-3/h6-12,20H,5,13H2,1-4H3/t20-/m0/s1. The zero-order valence-corrected chi connectivity index (χ0v) is 17.2. The molecule has 0 bridgehead atoms. The smallest absolute Gasteiger partial charge is 0.247 e. The van der Waals surface area contributed by atoms with Crippen LogP contribution in [0.25, 0.3) is 0 Å². The van der Waals surface area contributed by atoms with Gasteiger partial charge in [0.15, 0.2) is 0 Å². The average Bonchev–Trinajstić information content (AvgIpc) is 3.14. The van der Waals surface area contributed by atoms with Crippen LogP contribution in [0.15, 0.2) is 47.6 Å². The molecular formula is C20H24N2O5S. The van der Waals surface area contributed by atoms with Crippen LogP contribution >= 0.6 is 0 Å². The first-order chi connectivity index (χ1) is 13.4. The highest BCUT2D eigenvalue weighted by molar-refractivity contribution is 7.88. The fourth-order valence-corrected chi connectivity index (χ4v) is 4.07. The Hall–Kier alpha value is -2.74. The molecule has 150 valence electrons. The number of methoxy groups -OCH3 is 2. The van der Waals surface area contributed by atoms with Crippen LogP contribution in [0.1, 0.15) is 30.5 Å². The highest BCUT2D eigenvalue weighted by Gasteiger charge is 2.35. The number of hydrogen-bond acceptors (Lipinski definition) is 6. The number of hydrogen-bond donors (Lipinski definition) is 0. The van der Waals surface area contributed by atoms with Crippen molar-refractivity contribution < 1.29 is 22.6 Å². The van der Waals surface area contributed by atoms with Crippen LogP contribution in [0.5, 0.6) is 17.2 Å². The van der Waals surface area contributed by atoms with Crippen molar-refractivity contribution in [2.45, 2.75) is 19.4 Å². The van der Waals surface area contributed by atoms with Crippen LogP contribution in [0.4, 0.5) is 0 Å². The monoisotopic (exact) mass is 404 g/mol. The maximum Gasteiger partial charge on any atom is 0.247 e. The highest BCUT2D eigenvalue weighted by atomic mass is 32.2. The van der Waals surface area contributed by atoms with Gasteiger partial charge in [0.1, 0.15) is 17.2 Å². The third kappa shape index (κ3) is 4.22. The Bertz CT molecular complexity index is 966. The number of nitrogens with zero attached hydrogens (tertiary/aromatic N) is 2. The van der Waals surface area contributed by atoms with E-state index in [1.807, 2.05) is 43.3 Å². The van der Waals surface area contributed by atoms with Crippen LogP contribution in [-0.4, -0.2) is 45.6 Å². The second-order valence-electron chi connectivity index (χ2n) is 6.41. The molecule has 0 radical (unpaired) electrons. The maximum absolute atomic E-state index is 12.4. The SMILES string of the molecule is CCOc1cccc([C@@H]2CC(c3cc(OC)cc(OC)c3)=NN2S(C)(=O)=O)c1. The fraction of sp³-hybridized carbons (Fsp3) is 0.350. The van der Waals surface area contributed by atoms with Crippen molar-refractivity contribution in [1.29, 1.82) is 0 Å². The van der Waals surface area contributed by atoms with Gasteiger partial charge in [0, 0.05) is 18.1 Å². The van der Waals surface area contributed by atoms with Gasteiger partial charge >= 0.3 is 0 Å². The minimum absolute atomic E-state index is 0.430. The van der Waals surface area contributed by atoms with Crippen LogP contribution in [0.2, 0.25) is 0 Å². The first-order valence-electron chi connectivity index (χ1n) is 8.88. The lowest BCUT2D eigenvalue weighted by Gasteiger charge is -2.21. The molecule has 0 saturated carbocycles. The van der Waals surface area contributed by atoms with Crippen LogP contribution < -0.4 is 14.2 Å². The van der Waals surface area contributed by atoms with E-state index in [-0.39, 0.29) is 0 Å². The molecular weight excluding hydrogens is 380 g/mol. The number of rotatable bonds is 7. The molecule has 0 aromatic heterocycles. The van der Waals surface area contributed by atoms with Gasteiger partial charge in [-0.15, -0.1) is 0 Å². The molecule has 8 heteroatoms. The van der Waals surface area contributed by atoms with Crippen molar-refractivity contribution in [1.82, 2.24) is 4.41 Å². The Morgan fingerprint density at radius 1 is 1.07 bits per heavy atom. The summed E-state index contributed by atoms with van der Waals surface area (Å²) in [6, 6.07) is 12.4. The first-order valence-corrected chi connectivity index (χ1v) is 10.7. The van der Waals surface area contributed by atoms with Crippen molar-refractivity contribution in [2.24, 2.45) is 5.10 Å². The summed E-state index contributed by atoms with van der Waals surface area (Å²) in [5, 5.41) is 4.42. The molecule has 0 aliphatic carbocycles. The molecule has 3 rings (SSSR count). The largest absolute Gasteiger partial charge is 0.497 e. The molecule has 0 fully saturated rings. The molecule has 2 aromatic carbocycles. The Balaban J connectivity index is 2.01. The topological polar surface area (TPSA) is 77.4 Å². The molecule has 0 spiro atoms. The summed E-state index contributed by atoms with van der Waals surface area (Å²) < 4.78 is 42.1. The van der Waals surface area contributed by atoms with Gasteiger partial charge in [-0.1, -0.05) is 12.1 Å². The van der Waals surface area contributed by atoms with Crippen molar-refractivity contribution in [2.75, 3.05) is 27.1 Å². The molecule has 2 aromatic rings. The van der Waals surface area contributed by atoms with Crippen LogP contribution in [0.3, 0.4) is 0 Å². The normalized spacial score (nSPS) is 16.6. The van der Waals surface area contributed by atoms with E-state index in [9.17, 15) is 8.42 Å². The maximum atomic E-state index is 12.4. The van der Waals surface area contributed by atoms with E-state index in [0.29, 0.717) is 36.0 Å². The van der Waals surface area contributed by atoms with E-state index in [1.165, 1.54) is 4.41 Å². The van der Waals surface area contributed by atoms with Gasteiger partial charge in [-0.05, 0) is 36.8 Å². The van der Waals surface area contributed by atoms with Gasteiger partial charge in [-0.25, -0.2) is 8.42 Å². The Morgan fingerprint density at radius 2 is 1.75 bits per heavy atom. The third-order valence-corrected chi connectivity index (χ3v) is 5.47. The van der Waals surface area contributed by atoms with E-state index in [1.54, 1.807) is 20.3 Å². The lowest BCUT2D eigenvalue weighted by molar-refractivity contribution is 0.336. The molecule has 0 unspecified atom stereocenters. The number of sulfonamides is 1. The van der Waals surface area contributed by atoms with E-state index in [0.717, 1.165) is 17.4 Å². The minimum Gasteiger partial charge on any atom is -0.497 e. The van der Waals surface area contributed by atoms with E-state index < -0.39 is 16.1 Å². The highest BCUT2D eigenvalue weighted by Crippen LogP contribution is 2.37. The molecule has 1 aliphatic rings. The van der Waals surface area contributed by atoms with Gasteiger partial charge in [0.05, 0.1) is 38.8 Å². The molecule has 1 atom stereocenters. The van der Waals surface area contributed by atoms with Crippen molar-refractivity contribution >= 4 is 15.7 Å². The summed E-state index contributed by atoms with van der Waals surface area (Å²) in [4.78, 5) is 0. The Morgan fingerprint density at radius 3 is 2.32 bits per heavy atom. The Kier molecular flexibility index (Phi) is 5.79. The summed E-state index contributed by atoms with van der Waals surface area (Å²) >= 11 is 0. The summed E-state index contributed by atoms with van der Waals surface area (Å²) in [6.45, 7) is 2.44. The van der Waals surface area contributed by atoms with Crippen molar-refractivity contribution in [3.63, 3.8) is 0 Å².